The van der Waals surface area contributed by atoms with E-state index in [-0.39, 0.29) is 17.8 Å². The largest absolute Gasteiger partial charge is 0.465 e. The van der Waals surface area contributed by atoms with E-state index >= 15 is 0 Å². The van der Waals surface area contributed by atoms with Gasteiger partial charge in [0.05, 0.1) is 12.7 Å². The Morgan fingerprint density at radius 1 is 1.20 bits per heavy atom. The first-order chi connectivity index (χ1) is 11.8. The van der Waals surface area contributed by atoms with Gasteiger partial charge in [-0.2, -0.15) is 18.2 Å². The molecule has 1 aromatic carbocycles. The summed E-state index contributed by atoms with van der Waals surface area (Å²) in [4.78, 5) is 19.0. The zero-order valence-electron chi connectivity index (χ0n) is 13.2. The summed E-state index contributed by atoms with van der Waals surface area (Å²) in [6.07, 6.45) is -2.80. The van der Waals surface area contributed by atoms with Crippen molar-refractivity contribution in [3.63, 3.8) is 0 Å². The second-order valence-corrected chi connectivity index (χ2v) is 5.57. The number of carbonyl (C=O) groups is 1. The van der Waals surface area contributed by atoms with Crippen LogP contribution in [0.25, 0.3) is 0 Å². The zero-order chi connectivity index (χ0) is 18.0. The van der Waals surface area contributed by atoms with Crippen LogP contribution in [-0.2, 0) is 10.9 Å². The SMILES string of the molecule is COC(=O)c1ccc(Nc2cc(C(F)(F)F)nc(NC3CC3)n2)cc1. The summed E-state index contributed by atoms with van der Waals surface area (Å²) in [6.45, 7) is 0. The van der Waals surface area contributed by atoms with Gasteiger partial charge >= 0.3 is 12.1 Å². The van der Waals surface area contributed by atoms with Gasteiger partial charge < -0.3 is 15.4 Å². The molecule has 1 aliphatic rings. The van der Waals surface area contributed by atoms with Crippen molar-refractivity contribution in [2.24, 2.45) is 0 Å². The van der Waals surface area contributed by atoms with E-state index in [0.717, 1.165) is 18.9 Å². The third kappa shape index (κ3) is 4.37. The molecule has 1 aliphatic carbocycles. The van der Waals surface area contributed by atoms with Crippen molar-refractivity contribution < 1.29 is 22.7 Å². The molecule has 0 aliphatic heterocycles. The lowest BCUT2D eigenvalue weighted by molar-refractivity contribution is -0.141. The maximum atomic E-state index is 13.0. The number of benzene rings is 1. The summed E-state index contributed by atoms with van der Waals surface area (Å²) in [5.74, 6) is -0.550. The minimum absolute atomic E-state index is 0.0105. The van der Waals surface area contributed by atoms with E-state index in [1.807, 2.05) is 0 Å². The van der Waals surface area contributed by atoms with E-state index in [0.29, 0.717) is 11.3 Å². The highest BCUT2D eigenvalue weighted by molar-refractivity contribution is 5.89. The fourth-order valence-corrected chi connectivity index (χ4v) is 2.09. The number of carbonyl (C=O) groups excluding carboxylic acids is 1. The predicted molar refractivity (Wildman–Crippen MR) is 84.7 cm³/mol. The third-order valence-corrected chi connectivity index (χ3v) is 3.51. The van der Waals surface area contributed by atoms with Crippen molar-refractivity contribution in [2.45, 2.75) is 25.1 Å². The van der Waals surface area contributed by atoms with Crippen molar-refractivity contribution >= 4 is 23.4 Å². The van der Waals surface area contributed by atoms with Gasteiger partial charge in [0.2, 0.25) is 5.95 Å². The smallest absolute Gasteiger partial charge is 0.433 e. The Morgan fingerprint density at radius 3 is 2.44 bits per heavy atom. The van der Waals surface area contributed by atoms with Crippen molar-refractivity contribution in [3.05, 3.63) is 41.6 Å². The highest BCUT2D eigenvalue weighted by Crippen LogP contribution is 2.31. The number of halogens is 3. The molecule has 0 radical (unpaired) electrons. The summed E-state index contributed by atoms with van der Waals surface area (Å²) >= 11 is 0. The highest BCUT2D eigenvalue weighted by Gasteiger charge is 2.34. The van der Waals surface area contributed by atoms with Crippen molar-refractivity contribution in [3.8, 4) is 0 Å². The van der Waals surface area contributed by atoms with E-state index in [1.165, 1.54) is 19.2 Å². The van der Waals surface area contributed by atoms with E-state index in [4.69, 9.17) is 0 Å². The van der Waals surface area contributed by atoms with Crippen LogP contribution in [0, 0.1) is 0 Å². The third-order valence-electron chi connectivity index (χ3n) is 3.51. The van der Waals surface area contributed by atoms with E-state index in [2.05, 4.69) is 25.3 Å². The van der Waals surface area contributed by atoms with E-state index < -0.39 is 17.8 Å². The molecule has 9 heteroatoms. The number of hydrogen-bond donors (Lipinski definition) is 2. The minimum Gasteiger partial charge on any atom is -0.465 e. The molecule has 0 amide bonds. The minimum atomic E-state index is -4.58. The molecule has 0 spiro atoms. The molecular weight excluding hydrogens is 337 g/mol. The number of rotatable bonds is 5. The van der Waals surface area contributed by atoms with Gasteiger partial charge in [-0.05, 0) is 37.1 Å². The lowest BCUT2D eigenvalue weighted by Crippen LogP contribution is -2.14. The molecule has 0 saturated heterocycles. The van der Waals surface area contributed by atoms with Crippen LogP contribution in [-0.4, -0.2) is 29.1 Å². The lowest BCUT2D eigenvalue weighted by atomic mass is 10.2. The normalized spacial score (nSPS) is 14.1. The first-order valence-electron chi connectivity index (χ1n) is 7.53. The first kappa shape index (κ1) is 17.0. The van der Waals surface area contributed by atoms with Crippen molar-refractivity contribution in [1.29, 1.82) is 0 Å². The molecule has 2 aromatic rings. The van der Waals surface area contributed by atoms with Crippen LogP contribution in [0.3, 0.4) is 0 Å². The lowest BCUT2D eigenvalue weighted by Gasteiger charge is -2.12. The number of ether oxygens (including phenoxy) is 1. The molecule has 1 saturated carbocycles. The van der Waals surface area contributed by atoms with Crippen LogP contribution in [0.5, 0.6) is 0 Å². The zero-order valence-corrected chi connectivity index (χ0v) is 13.2. The average molecular weight is 352 g/mol. The quantitative estimate of drug-likeness (QED) is 0.801. The fraction of sp³-hybridized carbons (Fsp3) is 0.312. The Morgan fingerprint density at radius 2 is 1.88 bits per heavy atom. The Balaban J connectivity index is 1.83. The number of hydrogen-bond acceptors (Lipinski definition) is 6. The molecule has 25 heavy (non-hydrogen) atoms. The second kappa shape index (κ2) is 6.58. The Bertz CT molecular complexity index is 774. The molecule has 1 aromatic heterocycles. The van der Waals surface area contributed by atoms with Crippen LogP contribution < -0.4 is 10.6 Å². The van der Waals surface area contributed by atoms with Gasteiger partial charge in [-0.15, -0.1) is 0 Å². The van der Waals surface area contributed by atoms with E-state index in [1.54, 1.807) is 12.1 Å². The maximum absolute atomic E-state index is 13.0. The number of esters is 1. The summed E-state index contributed by atoms with van der Waals surface area (Å²) in [7, 11) is 1.27. The van der Waals surface area contributed by atoms with Crippen LogP contribution in [0.15, 0.2) is 30.3 Å². The number of nitrogens with zero attached hydrogens (tertiary/aromatic N) is 2. The van der Waals surface area contributed by atoms with Crippen LogP contribution in [0.4, 0.5) is 30.6 Å². The highest BCUT2D eigenvalue weighted by atomic mass is 19.4. The number of anilines is 3. The molecule has 6 nitrogen and oxygen atoms in total. The molecule has 2 N–H and O–H groups in total. The van der Waals surface area contributed by atoms with Crippen LogP contribution in [0.1, 0.15) is 28.9 Å². The molecule has 1 heterocycles. The number of alkyl halides is 3. The molecule has 1 fully saturated rings. The second-order valence-electron chi connectivity index (χ2n) is 5.57. The molecule has 0 unspecified atom stereocenters. The monoisotopic (exact) mass is 352 g/mol. The van der Waals surface area contributed by atoms with Gasteiger partial charge in [0.25, 0.3) is 0 Å². The molecule has 132 valence electrons. The summed E-state index contributed by atoms with van der Waals surface area (Å²) in [6, 6.07) is 7.07. The standard InChI is InChI=1S/C16H15F3N4O2/c1-25-14(24)9-2-4-10(5-3-9)20-13-8-12(16(17,18)19)22-15(23-13)21-11-6-7-11/h2-5,8,11H,6-7H2,1H3,(H2,20,21,22,23). The van der Waals surface area contributed by atoms with Gasteiger partial charge in [0, 0.05) is 17.8 Å². The number of nitrogens with one attached hydrogen (secondary N) is 2. The Kier molecular flexibility index (Phi) is 4.47. The number of aromatic nitrogens is 2. The molecule has 0 atom stereocenters. The van der Waals surface area contributed by atoms with Gasteiger partial charge in [-0.1, -0.05) is 0 Å². The van der Waals surface area contributed by atoms with Gasteiger partial charge in [-0.25, -0.2) is 9.78 Å². The van der Waals surface area contributed by atoms with Gasteiger partial charge in [0.15, 0.2) is 5.69 Å². The van der Waals surface area contributed by atoms with Gasteiger partial charge in [0.1, 0.15) is 5.82 Å². The summed E-state index contributed by atoms with van der Waals surface area (Å²) in [5, 5.41) is 5.65. The Hall–Kier alpha value is -2.84. The molecule has 3 rings (SSSR count). The first-order valence-corrected chi connectivity index (χ1v) is 7.53. The summed E-state index contributed by atoms with van der Waals surface area (Å²) in [5.41, 5.74) is -0.209. The maximum Gasteiger partial charge on any atom is 0.433 e. The van der Waals surface area contributed by atoms with E-state index in [9.17, 15) is 18.0 Å². The summed E-state index contributed by atoms with van der Waals surface area (Å²) < 4.78 is 43.7. The molecule has 0 bridgehead atoms. The van der Waals surface area contributed by atoms with Crippen LogP contribution in [0.2, 0.25) is 0 Å². The predicted octanol–water partition coefficient (Wildman–Crippen LogP) is 3.60. The van der Waals surface area contributed by atoms with Gasteiger partial charge in [-0.3, -0.25) is 0 Å². The van der Waals surface area contributed by atoms with Crippen LogP contribution >= 0.6 is 0 Å². The Labute approximate surface area is 141 Å². The average Bonchev–Trinajstić information content (AvgIpc) is 3.38. The fourth-order valence-electron chi connectivity index (χ4n) is 2.09. The topological polar surface area (TPSA) is 76.1 Å². The van der Waals surface area contributed by atoms with Crippen molar-refractivity contribution in [1.82, 2.24) is 9.97 Å². The number of methoxy groups -OCH3 is 1. The molecular formula is C16H15F3N4O2. The van der Waals surface area contributed by atoms with Crippen molar-refractivity contribution in [2.75, 3.05) is 17.7 Å².